The van der Waals surface area contributed by atoms with Gasteiger partial charge >= 0.3 is 12.1 Å². The van der Waals surface area contributed by atoms with Crippen molar-refractivity contribution < 1.29 is 32.3 Å². The number of ketones is 1. The van der Waals surface area contributed by atoms with E-state index in [0.29, 0.717) is 5.56 Å². The molecule has 1 N–H and O–H groups in total. The molecule has 0 saturated carbocycles. The van der Waals surface area contributed by atoms with Crippen LogP contribution in [0.1, 0.15) is 41.3 Å². The first-order valence-corrected chi connectivity index (χ1v) is 8.84. The molecule has 1 atom stereocenters. The number of alkyl halides is 3. The van der Waals surface area contributed by atoms with Gasteiger partial charge in [-0.2, -0.15) is 13.2 Å². The van der Waals surface area contributed by atoms with Crippen LogP contribution >= 0.6 is 0 Å². The van der Waals surface area contributed by atoms with Crippen LogP contribution in [0.15, 0.2) is 48.5 Å². The monoisotopic (exact) mass is 407 g/mol. The molecule has 0 heterocycles. The molecule has 8 heteroatoms. The molecule has 0 aromatic heterocycles. The van der Waals surface area contributed by atoms with Crippen molar-refractivity contribution in [3.05, 3.63) is 65.2 Å². The van der Waals surface area contributed by atoms with Crippen molar-refractivity contribution in [3.63, 3.8) is 0 Å². The number of esters is 1. The predicted octanol–water partition coefficient (Wildman–Crippen LogP) is 4.55. The zero-order valence-electron chi connectivity index (χ0n) is 15.9. The Hall–Kier alpha value is -3.16. The Bertz CT molecular complexity index is 892. The van der Waals surface area contributed by atoms with Gasteiger partial charge in [-0.1, -0.05) is 42.0 Å². The highest BCUT2D eigenvalue weighted by Gasteiger charge is 2.34. The van der Waals surface area contributed by atoms with Gasteiger partial charge in [0.2, 0.25) is 0 Å². The van der Waals surface area contributed by atoms with E-state index in [9.17, 15) is 27.6 Å². The molecule has 0 aliphatic heterocycles. The molecule has 5 nitrogen and oxygen atoms in total. The van der Waals surface area contributed by atoms with E-state index in [0.717, 1.165) is 17.7 Å². The quantitative estimate of drug-likeness (QED) is 0.540. The molecule has 1 amide bonds. The largest absolute Gasteiger partial charge is 0.453 e. The summed E-state index contributed by atoms with van der Waals surface area (Å²) in [6.07, 6.45) is -6.31. The Labute approximate surface area is 165 Å². The number of hydrogen-bond donors (Lipinski definition) is 1. The van der Waals surface area contributed by atoms with Gasteiger partial charge in [-0.15, -0.1) is 0 Å². The zero-order valence-corrected chi connectivity index (χ0v) is 15.9. The van der Waals surface area contributed by atoms with Gasteiger partial charge in [0.15, 0.2) is 11.9 Å². The van der Waals surface area contributed by atoms with Crippen molar-refractivity contribution in [2.24, 2.45) is 0 Å². The van der Waals surface area contributed by atoms with E-state index in [4.69, 9.17) is 4.74 Å². The van der Waals surface area contributed by atoms with E-state index in [2.05, 4.69) is 5.32 Å². The smallest absolute Gasteiger partial charge is 0.418 e. The number of ether oxygens (including phenoxy) is 1. The molecule has 0 aliphatic rings. The molecule has 2 aromatic carbocycles. The molecule has 0 aliphatic carbocycles. The normalized spacial score (nSPS) is 12.2. The van der Waals surface area contributed by atoms with Crippen LogP contribution in [0.4, 0.5) is 18.9 Å². The Morgan fingerprint density at radius 3 is 2.24 bits per heavy atom. The maximum absolute atomic E-state index is 13.0. The highest BCUT2D eigenvalue weighted by atomic mass is 19.4. The van der Waals surface area contributed by atoms with Crippen molar-refractivity contribution in [1.82, 2.24) is 0 Å². The maximum atomic E-state index is 13.0. The molecular weight excluding hydrogens is 387 g/mol. The van der Waals surface area contributed by atoms with Crippen LogP contribution in [0.3, 0.4) is 0 Å². The molecule has 29 heavy (non-hydrogen) atoms. The second-order valence-corrected chi connectivity index (χ2v) is 6.45. The number of amides is 1. The highest BCUT2D eigenvalue weighted by Crippen LogP contribution is 2.34. The summed E-state index contributed by atoms with van der Waals surface area (Å²) < 4.78 is 43.9. The molecule has 0 saturated heterocycles. The lowest BCUT2D eigenvalue weighted by Crippen LogP contribution is -2.30. The standard InChI is InChI=1S/C21H20F3NO4/c1-13-7-9-15(10-8-13)18(26)11-12-19(27)29-14(2)20(28)25-17-6-4-3-5-16(17)21(22,23)24/h3-10,14H,11-12H2,1-2H3,(H,25,28)/t14-/m1/s1. The molecule has 0 spiro atoms. The number of carbonyl (C=O) groups excluding carboxylic acids is 3. The number of Topliss-reactive ketones (excluding diaryl/α,β-unsaturated/α-hetero) is 1. The van der Waals surface area contributed by atoms with Crippen LogP contribution in [0, 0.1) is 6.92 Å². The number of halogens is 3. The summed E-state index contributed by atoms with van der Waals surface area (Å²) in [6, 6.07) is 11.3. The van der Waals surface area contributed by atoms with Crippen LogP contribution in [0.2, 0.25) is 0 Å². The zero-order chi connectivity index (χ0) is 21.6. The minimum atomic E-state index is -4.64. The molecule has 0 fully saturated rings. The fourth-order valence-corrected chi connectivity index (χ4v) is 2.48. The van der Waals surface area contributed by atoms with Gasteiger partial charge < -0.3 is 10.1 Å². The van der Waals surface area contributed by atoms with E-state index in [1.54, 1.807) is 24.3 Å². The average Bonchev–Trinajstić information content (AvgIpc) is 2.66. The Morgan fingerprint density at radius 1 is 1.00 bits per heavy atom. The summed E-state index contributed by atoms with van der Waals surface area (Å²) >= 11 is 0. The van der Waals surface area contributed by atoms with E-state index >= 15 is 0 Å². The second kappa shape index (κ2) is 9.36. The molecule has 0 unspecified atom stereocenters. The number of hydrogen-bond acceptors (Lipinski definition) is 4. The summed E-state index contributed by atoms with van der Waals surface area (Å²) in [6.45, 7) is 3.12. The topological polar surface area (TPSA) is 72.5 Å². The molecule has 154 valence electrons. The Kier molecular flexibility index (Phi) is 7.14. The van der Waals surface area contributed by atoms with Crippen LogP contribution < -0.4 is 5.32 Å². The highest BCUT2D eigenvalue weighted by molar-refractivity contribution is 5.98. The number of rotatable bonds is 7. The minimum Gasteiger partial charge on any atom is -0.453 e. The fourth-order valence-electron chi connectivity index (χ4n) is 2.48. The van der Waals surface area contributed by atoms with Crippen molar-refractivity contribution in [3.8, 4) is 0 Å². The van der Waals surface area contributed by atoms with Crippen LogP contribution in [0.5, 0.6) is 0 Å². The molecule has 2 rings (SSSR count). The Balaban J connectivity index is 1.89. The third-order valence-electron chi connectivity index (χ3n) is 4.10. The van der Waals surface area contributed by atoms with E-state index in [1.165, 1.54) is 19.1 Å². The van der Waals surface area contributed by atoms with Crippen molar-refractivity contribution in [2.75, 3.05) is 5.32 Å². The summed E-state index contributed by atoms with van der Waals surface area (Å²) in [7, 11) is 0. The first-order chi connectivity index (χ1) is 13.6. The molecular formula is C21H20F3NO4. The number of benzene rings is 2. The number of aryl methyl sites for hydroxylation is 1. The SMILES string of the molecule is Cc1ccc(C(=O)CCC(=O)O[C@H](C)C(=O)Nc2ccccc2C(F)(F)F)cc1. The van der Waals surface area contributed by atoms with Gasteiger partial charge in [-0.3, -0.25) is 14.4 Å². The first kappa shape index (κ1) is 22.1. The lowest BCUT2D eigenvalue weighted by molar-refractivity contribution is -0.153. The second-order valence-electron chi connectivity index (χ2n) is 6.45. The number of carbonyl (C=O) groups is 3. The molecule has 0 bridgehead atoms. The summed E-state index contributed by atoms with van der Waals surface area (Å²) in [5, 5.41) is 2.12. The molecule has 2 aromatic rings. The number of nitrogens with one attached hydrogen (secondary N) is 1. The van der Waals surface area contributed by atoms with Crippen molar-refractivity contribution >= 4 is 23.3 Å². The van der Waals surface area contributed by atoms with Crippen molar-refractivity contribution in [2.45, 2.75) is 39.0 Å². The third kappa shape index (κ3) is 6.44. The predicted molar refractivity (Wildman–Crippen MR) is 100 cm³/mol. The van der Waals surface area contributed by atoms with Crippen LogP contribution in [0.25, 0.3) is 0 Å². The number of anilines is 1. The van der Waals surface area contributed by atoms with Gasteiger partial charge in [0.1, 0.15) is 0 Å². The van der Waals surface area contributed by atoms with Crippen LogP contribution in [-0.2, 0) is 20.5 Å². The van der Waals surface area contributed by atoms with Gasteiger partial charge in [-0.25, -0.2) is 0 Å². The van der Waals surface area contributed by atoms with Gasteiger partial charge in [0.25, 0.3) is 5.91 Å². The van der Waals surface area contributed by atoms with Gasteiger partial charge in [0, 0.05) is 12.0 Å². The van der Waals surface area contributed by atoms with Gasteiger partial charge in [0.05, 0.1) is 17.7 Å². The molecule has 0 radical (unpaired) electrons. The van der Waals surface area contributed by atoms with Crippen molar-refractivity contribution in [1.29, 1.82) is 0 Å². The van der Waals surface area contributed by atoms with Gasteiger partial charge in [-0.05, 0) is 26.0 Å². The maximum Gasteiger partial charge on any atom is 0.418 e. The first-order valence-electron chi connectivity index (χ1n) is 8.84. The fraction of sp³-hybridized carbons (Fsp3) is 0.286. The summed E-state index contributed by atoms with van der Waals surface area (Å²) in [5.41, 5.74) is 0.0175. The summed E-state index contributed by atoms with van der Waals surface area (Å²) in [5.74, 6) is -1.95. The Morgan fingerprint density at radius 2 is 1.62 bits per heavy atom. The lowest BCUT2D eigenvalue weighted by Gasteiger charge is -2.16. The van der Waals surface area contributed by atoms with E-state index in [-0.39, 0.29) is 18.6 Å². The number of para-hydroxylation sites is 1. The van der Waals surface area contributed by atoms with E-state index in [1.807, 2.05) is 6.92 Å². The minimum absolute atomic E-state index is 0.104. The van der Waals surface area contributed by atoms with E-state index < -0.39 is 35.4 Å². The van der Waals surface area contributed by atoms with Crippen LogP contribution in [-0.4, -0.2) is 23.8 Å². The lowest BCUT2D eigenvalue weighted by atomic mass is 10.1. The third-order valence-corrected chi connectivity index (χ3v) is 4.10. The summed E-state index contributed by atoms with van der Waals surface area (Å²) in [4.78, 5) is 36.0. The average molecular weight is 407 g/mol.